The van der Waals surface area contributed by atoms with Gasteiger partial charge >= 0.3 is 21.1 Å². The number of para-hydroxylation sites is 12. The molecule has 0 aliphatic rings. The van der Waals surface area contributed by atoms with E-state index in [1.54, 1.807) is 0 Å². The van der Waals surface area contributed by atoms with Crippen molar-refractivity contribution in [2.75, 3.05) is 29.4 Å². The molecule has 0 N–H and O–H groups in total. The van der Waals surface area contributed by atoms with Gasteiger partial charge in [-0.1, -0.05) is 244 Å². The summed E-state index contributed by atoms with van der Waals surface area (Å²) in [6, 6.07) is 119. The van der Waals surface area contributed by atoms with E-state index in [1.807, 2.05) is 393 Å². The Bertz CT molecular complexity index is 3300. The van der Waals surface area contributed by atoms with Gasteiger partial charge in [-0.05, 0) is 146 Å². The minimum atomic E-state index is 0. The zero-order valence-corrected chi connectivity index (χ0v) is 63.4. The molecular weight excluding hydrogens is 1500 g/mol. The smallest absolute Gasteiger partial charge is 0.411 e. The van der Waals surface area contributed by atoms with Crippen LogP contribution < -0.4 is 29.4 Å². The van der Waals surface area contributed by atoms with Gasteiger partial charge in [0.05, 0.1) is 0 Å². The molecule has 0 atom stereocenters. The molecular formula is C78H60MoN6S12. The summed E-state index contributed by atoms with van der Waals surface area (Å²) in [7, 11) is 0. The number of anilines is 12. The SMILES string of the molecule is S=C([S-])N(c1ccccc1)c1ccccc1.S=C([S-])N(c1ccccc1)c1ccccc1.S=C([S-])N(c1ccccc1)c1ccccc1.S=C([S-])N(c1ccccc1)c1ccccc1.S=C([S-])N(c1ccccc1)c1ccccc1.S=C([S-])N(c1ccccc1)c1ccccc1.[Mo+6]. The summed E-state index contributed by atoms with van der Waals surface area (Å²) in [5.74, 6) is 0. The van der Waals surface area contributed by atoms with E-state index in [1.165, 1.54) is 0 Å². The Kier molecular flexibility index (Phi) is 34.8. The van der Waals surface area contributed by atoms with Gasteiger partial charge in [-0.2, -0.15) is 0 Å². The van der Waals surface area contributed by atoms with E-state index in [0.29, 0.717) is 25.9 Å². The van der Waals surface area contributed by atoms with E-state index in [0.717, 1.165) is 68.2 Å². The van der Waals surface area contributed by atoms with Gasteiger partial charge in [0, 0.05) is 68.2 Å². The molecule has 0 saturated carbocycles. The molecule has 0 aromatic heterocycles. The molecule has 0 heterocycles. The van der Waals surface area contributed by atoms with E-state index in [4.69, 9.17) is 149 Å². The van der Waals surface area contributed by atoms with Crippen molar-refractivity contribution in [3.8, 4) is 0 Å². The molecule has 0 aliphatic heterocycles. The van der Waals surface area contributed by atoms with Crippen molar-refractivity contribution in [2.24, 2.45) is 0 Å². The van der Waals surface area contributed by atoms with Gasteiger partial charge in [0.15, 0.2) is 0 Å². The second-order valence-corrected chi connectivity index (χ2v) is 25.8. The molecule has 12 rings (SSSR count). The van der Waals surface area contributed by atoms with Gasteiger partial charge < -0.3 is 178 Å². The van der Waals surface area contributed by atoms with Gasteiger partial charge in [-0.25, -0.2) is 0 Å². The van der Waals surface area contributed by atoms with E-state index < -0.39 is 0 Å². The van der Waals surface area contributed by atoms with Crippen molar-refractivity contribution in [1.29, 1.82) is 0 Å². The first kappa shape index (κ1) is 78.0. The van der Waals surface area contributed by atoms with Crippen molar-refractivity contribution >= 4 is 243 Å². The van der Waals surface area contributed by atoms with Gasteiger partial charge in [-0.3, -0.25) is 0 Å². The average molecular weight is 1560 g/mol. The quantitative estimate of drug-likeness (QED) is 0.0657. The Morgan fingerprint density at radius 3 is 0.258 bits per heavy atom. The zero-order chi connectivity index (χ0) is 68.3. The maximum Gasteiger partial charge on any atom is 6.00 e. The zero-order valence-electron chi connectivity index (χ0n) is 51.6. The normalized spacial score (nSPS) is 9.65. The van der Waals surface area contributed by atoms with Crippen LogP contribution in [0.3, 0.4) is 0 Å². The van der Waals surface area contributed by atoms with Crippen molar-refractivity contribution in [3.63, 3.8) is 0 Å². The molecule has 97 heavy (non-hydrogen) atoms. The number of rotatable bonds is 12. The fourth-order valence-electron chi connectivity index (χ4n) is 9.08. The minimum Gasteiger partial charge on any atom is -0.411 e. The molecule has 480 valence electrons. The molecule has 6 nitrogen and oxygen atoms in total. The maximum absolute atomic E-state index is 5.12. The van der Waals surface area contributed by atoms with E-state index in [2.05, 4.69) is 0 Å². The Balaban J connectivity index is 0.000000183. The number of hydrogen-bond acceptors (Lipinski definition) is 12. The molecule has 0 bridgehead atoms. The topological polar surface area (TPSA) is 19.4 Å². The Morgan fingerprint density at radius 2 is 0.206 bits per heavy atom. The molecule has 0 saturated heterocycles. The first-order chi connectivity index (χ1) is 46.7. The predicted octanol–water partition coefficient (Wildman–Crippen LogP) is 21.9. The molecule has 0 fully saturated rings. The van der Waals surface area contributed by atoms with Crippen LogP contribution in [0.15, 0.2) is 364 Å². The minimum absolute atomic E-state index is 0. The van der Waals surface area contributed by atoms with E-state index in [-0.39, 0.29) is 21.1 Å². The molecule has 0 unspecified atom stereocenters. The fourth-order valence-corrected chi connectivity index (χ4v) is 11.6. The van der Waals surface area contributed by atoms with Crippen LogP contribution in [0.4, 0.5) is 68.2 Å². The second kappa shape index (κ2) is 43.3. The standard InChI is InChI=1S/6C13H11NS2.Mo/c6*15-13(16)14(11-7-3-1-4-8-11)12-9-5-2-6-10-12;/h6*1-10H,(H,15,16);/q;;;;;;+6/p-6. The first-order valence-corrected chi connectivity index (χ1v) is 34.3. The molecule has 12 aromatic rings. The molecule has 12 aromatic carbocycles. The summed E-state index contributed by atoms with van der Waals surface area (Å²) in [5.41, 5.74) is 11.9. The summed E-state index contributed by atoms with van der Waals surface area (Å²) >= 11 is 61.5. The average Bonchev–Trinajstić information content (AvgIpc) is 2.51. The third kappa shape index (κ3) is 25.4. The van der Waals surface area contributed by atoms with Crippen molar-refractivity contribution in [1.82, 2.24) is 0 Å². The molecule has 19 heteroatoms. The summed E-state index contributed by atoms with van der Waals surface area (Å²) < 4.78 is 2.57. The van der Waals surface area contributed by atoms with Crippen molar-refractivity contribution in [3.05, 3.63) is 364 Å². The Labute approximate surface area is 650 Å². The van der Waals surface area contributed by atoms with Crippen molar-refractivity contribution in [2.45, 2.75) is 0 Å². The Morgan fingerprint density at radius 1 is 0.144 bits per heavy atom. The predicted molar refractivity (Wildman–Crippen MR) is 450 cm³/mol. The van der Waals surface area contributed by atoms with Crippen molar-refractivity contribution < 1.29 is 21.1 Å². The third-order valence-corrected chi connectivity index (χ3v) is 15.5. The van der Waals surface area contributed by atoms with Crippen LogP contribution in [0, 0.1) is 0 Å². The summed E-state index contributed by atoms with van der Waals surface area (Å²) in [6.45, 7) is 0. The van der Waals surface area contributed by atoms with Crippen LogP contribution in [0.1, 0.15) is 0 Å². The van der Waals surface area contributed by atoms with Crippen LogP contribution in [-0.4, -0.2) is 25.9 Å². The number of thiocarbonyl (C=S) groups is 6. The fraction of sp³-hybridized carbons (Fsp3) is 0. The summed E-state index contributed by atoms with van der Waals surface area (Å²) in [6.07, 6.45) is 0. The first-order valence-electron chi connectivity index (χ1n) is 29.4. The van der Waals surface area contributed by atoms with Crippen LogP contribution in [-0.2, 0) is 96.8 Å². The molecule has 0 amide bonds. The second-order valence-electron chi connectivity index (χ2n) is 19.6. The van der Waals surface area contributed by atoms with Gasteiger partial charge in [-0.15, -0.1) is 0 Å². The number of benzene rings is 12. The molecule has 0 spiro atoms. The van der Waals surface area contributed by atoms with E-state index >= 15 is 0 Å². The van der Waals surface area contributed by atoms with Gasteiger partial charge in [0.25, 0.3) is 0 Å². The van der Waals surface area contributed by atoms with Gasteiger partial charge in [0.2, 0.25) is 0 Å². The number of hydrogen-bond donors (Lipinski definition) is 0. The molecule has 0 aliphatic carbocycles. The Hall–Kier alpha value is -8.01. The third-order valence-electron chi connectivity index (χ3n) is 13.3. The molecule has 0 radical (unpaired) electrons. The van der Waals surface area contributed by atoms with Crippen LogP contribution in [0.25, 0.3) is 0 Å². The maximum atomic E-state index is 5.12. The van der Waals surface area contributed by atoms with E-state index in [9.17, 15) is 0 Å². The van der Waals surface area contributed by atoms with Gasteiger partial charge in [0.1, 0.15) is 0 Å². The van der Waals surface area contributed by atoms with Crippen LogP contribution in [0.2, 0.25) is 0 Å². The summed E-state index contributed by atoms with van der Waals surface area (Å²) in [4.78, 5) is 11.3. The summed E-state index contributed by atoms with van der Waals surface area (Å²) in [5, 5.41) is 0. The van der Waals surface area contributed by atoms with Crippen LogP contribution >= 0.6 is 73.3 Å². The number of nitrogens with zero attached hydrogens (tertiary/aromatic N) is 6. The van der Waals surface area contributed by atoms with Crippen LogP contribution in [0.5, 0.6) is 0 Å². The largest absolute Gasteiger partial charge is 6.00 e. The monoisotopic (exact) mass is 1560 g/mol.